The van der Waals surface area contributed by atoms with Crippen LogP contribution in [0.15, 0.2) is 53.4 Å². The van der Waals surface area contributed by atoms with E-state index in [0.29, 0.717) is 32.1 Å². The molecule has 0 radical (unpaired) electrons. The molecule has 28 heavy (non-hydrogen) atoms. The summed E-state index contributed by atoms with van der Waals surface area (Å²) in [6, 6.07) is 11.8. The van der Waals surface area contributed by atoms with Gasteiger partial charge in [0.15, 0.2) is 6.61 Å². The first-order valence-electron chi connectivity index (χ1n) is 8.77. The summed E-state index contributed by atoms with van der Waals surface area (Å²) >= 11 is 0. The third-order valence-electron chi connectivity index (χ3n) is 4.20. The molecule has 0 atom stereocenters. The zero-order valence-corrected chi connectivity index (χ0v) is 16.0. The number of carbonyl (C=O) groups excluding carboxylic acids is 1. The lowest BCUT2D eigenvalue weighted by Gasteiger charge is -2.26. The number of halogens is 1. The number of amides is 1. The van der Waals surface area contributed by atoms with Crippen LogP contribution in [-0.2, 0) is 26.1 Å². The highest BCUT2D eigenvalue weighted by atomic mass is 32.2. The number of sulfonamides is 1. The number of rotatable bonds is 7. The summed E-state index contributed by atoms with van der Waals surface area (Å²) in [5, 5.41) is 2.67. The monoisotopic (exact) mass is 408 g/mol. The third kappa shape index (κ3) is 5.28. The van der Waals surface area contributed by atoms with Crippen molar-refractivity contribution in [2.24, 2.45) is 0 Å². The van der Waals surface area contributed by atoms with Gasteiger partial charge in [0.25, 0.3) is 5.91 Å². The first kappa shape index (κ1) is 20.2. The van der Waals surface area contributed by atoms with E-state index < -0.39 is 10.0 Å². The third-order valence-corrected chi connectivity index (χ3v) is 6.12. The standard InChI is InChI=1S/C19H21FN2O5S/c20-16-3-1-15(2-4-16)13-21-19(23)14-27-17-5-7-18(8-6-17)28(24,25)22-9-11-26-12-10-22/h1-8H,9-14H2,(H,21,23). The summed E-state index contributed by atoms with van der Waals surface area (Å²) in [7, 11) is -3.56. The Hall–Kier alpha value is -2.49. The van der Waals surface area contributed by atoms with Crippen molar-refractivity contribution in [3.63, 3.8) is 0 Å². The van der Waals surface area contributed by atoms with Gasteiger partial charge in [0.1, 0.15) is 11.6 Å². The second kappa shape index (κ2) is 9.13. The molecule has 1 heterocycles. The van der Waals surface area contributed by atoms with E-state index in [1.807, 2.05) is 0 Å². The van der Waals surface area contributed by atoms with E-state index in [0.717, 1.165) is 5.56 Å². The number of carbonyl (C=O) groups is 1. The molecule has 1 N–H and O–H groups in total. The predicted molar refractivity (Wildman–Crippen MR) is 99.8 cm³/mol. The van der Waals surface area contributed by atoms with Crippen molar-refractivity contribution >= 4 is 15.9 Å². The minimum atomic E-state index is -3.56. The maximum Gasteiger partial charge on any atom is 0.258 e. The second-order valence-corrected chi connectivity index (χ2v) is 8.12. The van der Waals surface area contributed by atoms with Crippen molar-refractivity contribution in [2.45, 2.75) is 11.4 Å². The van der Waals surface area contributed by atoms with Crippen LogP contribution in [0.1, 0.15) is 5.56 Å². The van der Waals surface area contributed by atoms with Crippen molar-refractivity contribution in [3.8, 4) is 5.75 Å². The largest absolute Gasteiger partial charge is 0.484 e. The van der Waals surface area contributed by atoms with Gasteiger partial charge in [0, 0.05) is 19.6 Å². The van der Waals surface area contributed by atoms with E-state index in [1.165, 1.54) is 40.7 Å². The molecular formula is C19H21FN2O5S. The molecule has 1 aliphatic heterocycles. The van der Waals surface area contributed by atoms with E-state index in [-0.39, 0.29) is 29.8 Å². The van der Waals surface area contributed by atoms with Gasteiger partial charge in [-0.05, 0) is 42.0 Å². The zero-order valence-electron chi connectivity index (χ0n) is 15.1. The predicted octanol–water partition coefficient (Wildman–Crippen LogP) is 1.54. The Morgan fingerprint density at radius 2 is 1.71 bits per heavy atom. The van der Waals surface area contributed by atoms with E-state index in [2.05, 4.69) is 5.32 Å². The quantitative estimate of drug-likeness (QED) is 0.751. The van der Waals surface area contributed by atoms with Gasteiger partial charge in [-0.25, -0.2) is 12.8 Å². The van der Waals surface area contributed by atoms with Crippen molar-refractivity contribution in [1.82, 2.24) is 9.62 Å². The lowest BCUT2D eigenvalue weighted by molar-refractivity contribution is -0.123. The molecule has 9 heteroatoms. The number of morpholine rings is 1. The molecule has 0 bridgehead atoms. The Labute approximate surface area is 163 Å². The highest BCUT2D eigenvalue weighted by Crippen LogP contribution is 2.20. The molecule has 2 aromatic rings. The number of nitrogens with one attached hydrogen (secondary N) is 1. The Morgan fingerprint density at radius 3 is 2.36 bits per heavy atom. The number of ether oxygens (including phenoxy) is 2. The number of nitrogens with zero attached hydrogens (tertiary/aromatic N) is 1. The minimum Gasteiger partial charge on any atom is -0.484 e. The van der Waals surface area contributed by atoms with E-state index in [1.54, 1.807) is 12.1 Å². The van der Waals surface area contributed by atoms with Gasteiger partial charge in [-0.15, -0.1) is 0 Å². The van der Waals surface area contributed by atoms with Crippen molar-refractivity contribution in [3.05, 3.63) is 59.9 Å². The molecule has 1 aliphatic rings. The lowest BCUT2D eigenvalue weighted by atomic mass is 10.2. The molecule has 0 aromatic heterocycles. The highest BCUT2D eigenvalue weighted by Gasteiger charge is 2.26. The van der Waals surface area contributed by atoms with Gasteiger partial charge in [0.05, 0.1) is 18.1 Å². The van der Waals surface area contributed by atoms with Gasteiger partial charge in [-0.3, -0.25) is 4.79 Å². The van der Waals surface area contributed by atoms with Crippen LogP contribution in [0, 0.1) is 5.82 Å². The van der Waals surface area contributed by atoms with E-state index >= 15 is 0 Å². The fourth-order valence-electron chi connectivity index (χ4n) is 2.65. The number of hydrogen-bond donors (Lipinski definition) is 1. The molecule has 0 aliphatic carbocycles. The van der Waals surface area contributed by atoms with Crippen LogP contribution >= 0.6 is 0 Å². The van der Waals surface area contributed by atoms with Crippen LogP contribution in [-0.4, -0.2) is 51.5 Å². The van der Waals surface area contributed by atoms with Crippen LogP contribution in [0.2, 0.25) is 0 Å². The molecule has 1 amide bonds. The van der Waals surface area contributed by atoms with Gasteiger partial charge in [0.2, 0.25) is 10.0 Å². The molecule has 1 fully saturated rings. The Balaban J connectivity index is 1.49. The highest BCUT2D eigenvalue weighted by molar-refractivity contribution is 7.89. The zero-order chi connectivity index (χ0) is 20.0. The topological polar surface area (TPSA) is 84.9 Å². The average molecular weight is 408 g/mol. The average Bonchev–Trinajstić information content (AvgIpc) is 2.73. The Morgan fingerprint density at radius 1 is 1.07 bits per heavy atom. The fourth-order valence-corrected chi connectivity index (χ4v) is 4.05. The van der Waals surface area contributed by atoms with E-state index in [4.69, 9.17) is 9.47 Å². The SMILES string of the molecule is O=C(COc1ccc(S(=O)(=O)N2CCOCC2)cc1)NCc1ccc(F)cc1. The van der Waals surface area contributed by atoms with Gasteiger partial charge < -0.3 is 14.8 Å². The number of hydrogen-bond acceptors (Lipinski definition) is 5. The summed E-state index contributed by atoms with van der Waals surface area (Å²) in [4.78, 5) is 12.0. The normalized spacial score (nSPS) is 15.2. The van der Waals surface area contributed by atoms with Crippen LogP contribution in [0.3, 0.4) is 0 Å². The maximum absolute atomic E-state index is 12.8. The summed E-state index contributed by atoms with van der Waals surface area (Å²) in [5.74, 6) is -0.287. The molecule has 2 aromatic carbocycles. The first-order valence-corrected chi connectivity index (χ1v) is 10.2. The van der Waals surface area contributed by atoms with Crippen LogP contribution in [0.25, 0.3) is 0 Å². The molecule has 1 saturated heterocycles. The van der Waals surface area contributed by atoms with Crippen LogP contribution in [0.4, 0.5) is 4.39 Å². The fraction of sp³-hybridized carbons (Fsp3) is 0.316. The molecule has 0 saturated carbocycles. The van der Waals surface area contributed by atoms with Gasteiger partial charge >= 0.3 is 0 Å². The van der Waals surface area contributed by atoms with Crippen molar-refractivity contribution in [2.75, 3.05) is 32.9 Å². The molecule has 0 unspecified atom stereocenters. The van der Waals surface area contributed by atoms with Gasteiger partial charge in [-0.1, -0.05) is 12.1 Å². The molecule has 150 valence electrons. The Kier molecular flexibility index (Phi) is 6.61. The summed E-state index contributed by atoms with van der Waals surface area (Å²) < 4.78 is 49.9. The summed E-state index contributed by atoms with van der Waals surface area (Å²) in [5.41, 5.74) is 0.771. The van der Waals surface area contributed by atoms with Crippen molar-refractivity contribution < 1.29 is 27.1 Å². The van der Waals surface area contributed by atoms with E-state index in [9.17, 15) is 17.6 Å². The molecular weight excluding hydrogens is 387 g/mol. The summed E-state index contributed by atoms with van der Waals surface area (Å²) in [6.45, 7) is 1.47. The minimum absolute atomic E-state index is 0.169. The lowest BCUT2D eigenvalue weighted by Crippen LogP contribution is -2.40. The van der Waals surface area contributed by atoms with Crippen LogP contribution < -0.4 is 10.1 Å². The second-order valence-electron chi connectivity index (χ2n) is 6.18. The first-order chi connectivity index (χ1) is 13.4. The molecule has 3 rings (SSSR count). The van der Waals surface area contributed by atoms with Crippen LogP contribution in [0.5, 0.6) is 5.75 Å². The van der Waals surface area contributed by atoms with Crippen molar-refractivity contribution in [1.29, 1.82) is 0 Å². The smallest absolute Gasteiger partial charge is 0.258 e. The Bertz CT molecular complexity index is 895. The molecule has 0 spiro atoms. The maximum atomic E-state index is 12.8. The van der Waals surface area contributed by atoms with Gasteiger partial charge in [-0.2, -0.15) is 4.31 Å². The number of benzene rings is 2. The molecule has 7 nitrogen and oxygen atoms in total. The summed E-state index contributed by atoms with van der Waals surface area (Å²) in [6.07, 6.45) is 0.